The molecular weight excluding hydrogens is 202 g/mol. The quantitative estimate of drug-likeness (QED) is 0.687. The van der Waals surface area contributed by atoms with E-state index in [1.165, 1.54) is 6.42 Å². The summed E-state index contributed by atoms with van der Waals surface area (Å²) >= 11 is 0. The largest absolute Gasteiger partial charge is 0.381 e. The maximum absolute atomic E-state index is 5.46. The number of ether oxygens (including phenoxy) is 1. The van der Waals surface area contributed by atoms with Crippen molar-refractivity contribution in [2.45, 2.75) is 33.1 Å². The van der Waals surface area contributed by atoms with Gasteiger partial charge in [-0.3, -0.25) is 0 Å². The third-order valence-corrected chi connectivity index (χ3v) is 2.22. The third-order valence-electron chi connectivity index (χ3n) is 2.22. The highest BCUT2D eigenvalue weighted by atomic mass is 16.5. The summed E-state index contributed by atoms with van der Waals surface area (Å²) in [6, 6.07) is 1.94. The van der Waals surface area contributed by atoms with Gasteiger partial charge in [-0.25, -0.2) is 9.97 Å². The van der Waals surface area contributed by atoms with Gasteiger partial charge in [0.2, 0.25) is 0 Å². The van der Waals surface area contributed by atoms with Crippen molar-refractivity contribution in [3.8, 4) is 0 Å². The summed E-state index contributed by atoms with van der Waals surface area (Å²) in [5.41, 5.74) is 0.983. The Bertz CT molecular complexity index is 291. The van der Waals surface area contributed by atoms with Crippen molar-refractivity contribution in [1.29, 1.82) is 0 Å². The van der Waals surface area contributed by atoms with E-state index in [0.29, 0.717) is 0 Å². The first-order chi connectivity index (χ1) is 7.83. The minimum atomic E-state index is 0.817. The highest BCUT2D eigenvalue weighted by Gasteiger charge is 1.94. The van der Waals surface area contributed by atoms with Crippen molar-refractivity contribution in [1.82, 2.24) is 9.97 Å². The lowest BCUT2D eigenvalue weighted by Gasteiger charge is -2.06. The van der Waals surface area contributed by atoms with Crippen molar-refractivity contribution < 1.29 is 4.74 Å². The summed E-state index contributed by atoms with van der Waals surface area (Å²) in [5, 5.41) is 3.25. The van der Waals surface area contributed by atoms with E-state index in [9.17, 15) is 0 Å². The Hall–Kier alpha value is -1.16. The van der Waals surface area contributed by atoms with E-state index in [1.807, 2.05) is 13.0 Å². The van der Waals surface area contributed by atoms with Gasteiger partial charge in [-0.15, -0.1) is 0 Å². The molecule has 1 aromatic rings. The molecule has 0 bridgehead atoms. The van der Waals surface area contributed by atoms with Crippen molar-refractivity contribution >= 4 is 5.82 Å². The zero-order chi connectivity index (χ0) is 11.6. The van der Waals surface area contributed by atoms with Gasteiger partial charge >= 0.3 is 0 Å². The molecule has 4 heteroatoms. The first kappa shape index (κ1) is 12.9. The maximum atomic E-state index is 5.46. The maximum Gasteiger partial charge on any atom is 0.129 e. The molecule has 0 saturated carbocycles. The van der Waals surface area contributed by atoms with Gasteiger partial charge < -0.3 is 10.1 Å². The Morgan fingerprint density at radius 2 is 2.06 bits per heavy atom. The summed E-state index contributed by atoms with van der Waals surface area (Å²) in [7, 11) is 0. The lowest BCUT2D eigenvalue weighted by atomic mass is 10.3. The second-order valence-corrected chi connectivity index (χ2v) is 3.79. The fraction of sp³-hybridized carbons (Fsp3) is 0.667. The summed E-state index contributed by atoms with van der Waals surface area (Å²) in [5.74, 6) is 0.890. The Kier molecular flexibility index (Phi) is 6.49. The molecule has 0 saturated heterocycles. The molecule has 0 fully saturated rings. The Morgan fingerprint density at radius 3 is 2.81 bits per heavy atom. The van der Waals surface area contributed by atoms with Crippen LogP contribution >= 0.6 is 0 Å². The molecule has 0 aliphatic carbocycles. The van der Waals surface area contributed by atoms with Crippen LogP contribution in [-0.2, 0) is 4.74 Å². The molecular formula is C12H21N3O. The molecule has 0 aromatic carbocycles. The smallest absolute Gasteiger partial charge is 0.129 e. The average molecular weight is 223 g/mol. The standard InChI is InChI=1S/C12H21N3O/c1-3-4-7-16-8-5-6-13-12-9-11(2)14-10-15-12/h9-10H,3-8H2,1-2H3,(H,13,14,15). The number of unbranched alkanes of at least 4 members (excludes halogenated alkanes) is 1. The van der Waals surface area contributed by atoms with Crippen LogP contribution in [0.1, 0.15) is 31.9 Å². The van der Waals surface area contributed by atoms with E-state index in [4.69, 9.17) is 4.74 Å². The van der Waals surface area contributed by atoms with Gasteiger partial charge in [0, 0.05) is 31.5 Å². The molecule has 0 aliphatic heterocycles. The average Bonchev–Trinajstić information content (AvgIpc) is 2.28. The first-order valence-corrected chi connectivity index (χ1v) is 5.93. The minimum absolute atomic E-state index is 0.817. The molecule has 1 heterocycles. The molecule has 0 spiro atoms. The van der Waals surface area contributed by atoms with Crippen molar-refractivity contribution in [2.75, 3.05) is 25.1 Å². The Morgan fingerprint density at radius 1 is 1.25 bits per heavy atom. The SMILES string of the molecule is CCCCOCCCNc1cc(C)ncn1. The number of hydrogen-bond acceptors (Lipinski definition) is 4. The Labute approximate surface area is 97.5 Å². The summed E-state index contributed by atoms with van der Waals surface area (Å²) in [4.78, 5) is 8.17. The predicted molar refractivity (Wildman–Crippen MR) is 65.6 cm³/mol. The Balaban J connectivity index is 2.03. The molecule has 0 atom stereocenters. The van der Waals surface area contributed by atoms with Gasteiger partial charge in [0.05, 0.1) is 0 Å². The lowest BCUT2D eigenvalue weighted by Crippen LogP contribution is -2.07. The van der Waals surface area contributed by atoms with Crippen molar-refractivity contribution in [2.24, 2.45) is 0 Å². The van der Waals surface area contributed by atoms with E-state index in [2.05, 4.69) is 22.2 Å². The molecule has 0 amide bonds. The second kappa shape index (κ2) is 8.05. The number of aromatic nitrogens is 2. The first-order valence-electron chi connectivity index (χ1n) is 5.93. The molecule has 0 aliphatic rings. The zero-order valence-electron chi connectivity index (χ0n) is 10.2. The second-order valence-electron chi connectivity index (χ2n) is 3.79. The zero-order valence-corrected chi connectivity index (χ0v) is 10.2. The molecule has 0 unspecified atom stereocenters. The van der Waals surface area contributed by atoms with E-state index >= 15 is 0 Å². The van der Waals surface area contributed by atoms with Crippen LogP contribution < -0.4 is 5.32 Å². The van der Waals surface area contributed by atoms with E-state index in [0.717, 1.165) is 44.1 Å². The van der Waals surface area contributed by atoms with Crippen LogP contribution in [0.5, 0.6) is 0 Å². The monoisotopic (exact) mass is 223 g/mol. The lowest BCUT2D eigenvalue weighted by molar-refractivity contribution is 0.131. The van der Waals surface area contributed by atoms with Crippen LogP contribution in [0, 0.1) is 6.92 Å². The molecule has 1 aromatic heterocycles. The van der Waals surface area contributed by atoms with E-state index in [-0.39, 0.29) is 0 Å². The molecule has 1 rings (SSSR count). The number of nitrogens with zero attached hydrogens (tertiary/aromatic N) is 2. The van der Waals surface area contributed by atoms with Gasteiger partial charge in [0.15, 0.2) is 0 Å². The third kappa shape index (κ3) is 5.66. The number of nitrogens with one attached hydrogen (secondary N) is 1. The van der Waals surface area contributed by atoms with Crippen LogP contribution in [0.15, 0.2) is 12.4 Å². The number of rotatable bonds is 8. The topological polar surface area (TPSA) is 47.0 Å². The van der Waals surface area contributed by atoms with Crippen LogP contribution in [0.2, 0.25) is 0 Å². The predicted octanol–water partition coefficient (Wildman–Crippen LogP) is 2.40. The molecule has 90 valence electrons. The highest BCUT2D eigenvalue weighted by molar-refractivity contribution is 5.33. The van der Waals surface area contributed by atoms with Crippen LogP contribution in [0.25, 0.3) is 0 Å². The van der Waals surface area contributed by atoms with Crippen LogP contribution in [-0.4, -0.2) is 29.7 Å². The molecule has 4 nitrogen and oxygen atoms in total. The number of anilines is 1. The fourth-order valence-electron chi connectivity index (χ4n) is 1.29. The summed E-state index contributed by atoms with van der Waals surface area (Å²) in [6.45, 7) is 6.71. The fourth-order valence-corrected chi connectivity index (χ4v) is 1.29. The molecule has 1 N–H and O–H groups in total. The van der Waals surface area contributed by atoms with Crippen molar-refractivity contribution in [3.63, 3.8) is 0 Å². The van der Waals surface area contributed by atoms with E-state index < -0.39 is 0 Å². The van der Waals surface area contributed by atoms with E-state index in [1.54, 1.807) is 6.33 Å². The number of hydrogen-bond donors (Lipinski definition) is 1. The minimum Gasteiger partial charge on any atom is -0.381 e. The highest BCUT2D eigenvalue weighted by Crippen LogP contribution is 2.02. The van der Waals surface area contributed by atoms with Gasteiger partial charge in [-0.2, -0.15) is 0 Å². The molecule has 16 heavy (non-hydrogen) atoms. The summed E-state index contributed by atoms with van der Waals surface area (Å²) in [6.07, 6.45) is 4.93. The van der Waals surface area contributed by atoms with Gasteiger partial charge in [0.1, 0.15) is 12.1 Å². The van der Waals surface area contributed by atoms with Crippen molar-refractivity contribution in [3.05, 3.63) is 18.1 Å². The van der Waals surface area contributed by atoms with Gasteiger partial charge in [-0.1, -0.05) is 13.3 Å². The van der Waals surface area contributed by atoms with Crippen LogP contribution in [0.4, 0.5) is 5.82 Å². The van der Waals surface area contributed by atoms with Gasteiger partial charge in [-0.05, 0) is 19.8 Å². The van der Waals surface area contributed by atoms with Crippen LogP contribution in [0.3, 0.4) is 0 Å². The normalized spacial score (nSPS) is 10.4. The summed E-state index contributed by atoms with van der Waals surface area (Å²) < 4.78 is 5.46. The van der Waals surface area contributed by atoms with Gasteiger partial charge in [0.25, 0.3) is 0 Å². The number of aryl methyl sites for hydroxylation is 1. The molecule has 0 radical (unpaired) electrons.